The molecule has 0 saturated heterocycles. The van der Waals surface area contributed by atoms with Gasteiger partial charge in [0.1, 0.15) is 22.7 Å². The van der Waals surface area contributed by atoms with Gasteiger partial charge in [0.25, 0.3) is 5.56 Å². The highest BCUT2D eigenvalue weighted by molar-refractivity contribution is 7.98. The van der Waals surface area contributed by atoms with Gasteiger partial charge in [0.05, 0.1) is 7.11 Å². The van der Waals surface area contributed by atoms with Gasteiger partial charge in [-0.25, -0.2) is 9.59 Å². The zero-order valence-corrected chi connectivity index (χ0v) is 15.1. The first-order valence-corrected chi connectivity index (χ1v) is 8.53. The van der Waals surface area contributed by atoms with Gasteiger partial charge in [0.15, 0.2) is 6.61 Å². The zero-order valence-electron chi connectivity index (χ0n) is 14.3. The third-order valence-corrected chi connectivity index (χ3v) is 4.34. The second kappa shape index (κ2) is 7.91. The SMILES string of the molecule is COc1cc(SC)ccc1C(=O)OCC(=O)c1c(N)n(C)c(=O)[nH]c1=O. The number of thioether (sulfide) groups is 1. The van der Waals surface area contributed by atoms with Crippen LogP contribution in [0.5, 0.6) is 5.75 Å². The molecule has 1 aromatic carbocycles. The molecule has 0 saturated carbocycles. The molecule has 0 aliphatic rings. The molecule has 0 bridgehead atoms. The van der Waals surface area contributed by atoms with E-state index in [4.69, 9.17) is 15.2 Å². The second-order valence-corrected chi connectivity index (χ2v) is 6.02. The fraction of sp³-hybridized carbons (Fsp3) is 0.250. The molecule has 1 aromatic heterocycles. The molecule has 26 heavy (non-hydrogen) atoms. The topological polar surface area (TPSA) is 133 Å². The van der Waals surface area contributed by atoms with Gasteiger partial charge >= 0.3 is 11.7 Å². The van der Waals surface area contributed by atoms with E-state index in [0.717, 1.165) is 9.46 Å². The summed E-state index contributed by atoms with van der Waals surface area (Å²) in [6.45, 7) is -0.711. The minimum atomic E-state index is -0.937. The lowest BCUT2D eigenvalue weighted by Gasteiger charge is -2.10. The maximum atomic E-state index is 12.2. The lowest BCUT2D eigenvalue weighted by atomic mass is 10.2. The van der Waals surface area contributed by atoms with Crippen LogP contribution in [0.25, 0.3) is 0 Å². The van der Waals surface area contributed by atoms with Crippen molar-refractivity contribution in [3.8, 4) is 5.75 Å². The summed E-state index contributed by atoms with van der Waals surface area (Å²) in [6.07, 6.45) is 1.88. The van der Waals surface area contributed by atoms with Crippen molar-refractivity contribution in [3.05, 3.63) is 50.2 Å². The fourth-order valence-electron chi connectivity index (χ4n) is 2.15. The molecule has 0 unspecified atom stereocenters. The number of aromatic amines is 1. The molecular formula is C16H17N3O6S. The molecule has 0 radical (unpaired) electrons. The number of Topliss-reactive ketones (excluding diaryl/α,β-unsaturated/α-hetero) is 1. The molecule has 0 spiro atoms. The third kappa shape index (κ3) is 3.80. The van der Waals surface area contributed by atoms with Gasteiger partial charge in [0, 0.05) is 11.9 Å². The van der Waals surface area contributed by atoms with Crippen LogP contribution in [0.15, 0.2) is 32.7 Å². The monoisotopic (exact) mass is 379 g/mol. The molecule has 0 amide bonds. The molecule has 0 atom stereocenters. The Labute approximate surface area is 152 Å². The van der Waals surface area contributed by atoms with Crippen LogP contribution in [0.2, 0.25) is 0 Å². The van der Waals surface area contributed by atoms with Crippen molar-refractivity contribution >= 4 is 29.3 Å². The number of ether oxygens (including phenoxy) is 2. The number of methoxy groups -OCH3 is 1. The molecule has 2 rings (SSSR count). The van der Waals surface area contributed by atoms with Crippen molar-refractivity contribution < 1.29 is 19.1 Å². The summed E-state index contributed by atoms with van der Waals surface area (Å²) >= 11 is 1.47. The maximum Gasteiger partial charge on any atom is 0.342 e. The van der Waals surface area contributed by atoms with Crippen molar-refractivity contribution in [3.63, 3.8) is 0 Å². The number of H-pyrrole nitrogens is 1. The largest absolute Gasteiger partial charge is 0.496 e. The summed E-state index contributed by atoms with van der Waals surface area (Å²) in [5.41, 5.74) is 3.65. The van der Waals surface area contributed by atoms with Gasteiger partial charge in [0.2, 0.25) is 5.78 Å². The molecule has 9 nitrogen and oxygen atoms in total. The van der Waals surface area contributed by atoms with Gasteiger partial charge in [-0.1, -0.05) is 0 Å². The predicted molar refractivity (Wildman–Crippen MR) is 96.1 cm³/mol. The summed E-state index contributed by atoms with van der Waals surface area (Å²) < 4.78 is 11.0. The third-order valence-electron chi connectivity index (χ3n) is 3.61. The Morgan fingerprint density at radius 2 is 2.00 bits per heavy atom. The highest BCUT2D eigenvalue weighted by Gasteiger charge is 2.21. The van der Waals surface area contributed by atoms with E-state index in [9.17, 15) is 19.2 Å². The standard InChI is InChI=1S/C16H17N3O6S/c1-19-13(17)12(14(21)18-16(19)23)10(20)7-25-15(22)9-5-4-8(26-3)6-11(9)24-2/h4-6H,7,17H2,1-3H3,(H,18,21,23). The van der Waals surface area contributed by atoms with Crippen molar-refractivity contribution in [2.24, 2.45) is 7.05 Å². The number of nitrogens with one attached hydrogen (secondary N) is 1. The molecule has 1 heterocycles. The summed E-state index contributed by atoms with van der Waals surface area (Å²) in [5.74, 6) is -1.62. The van der Waals surface area contributed by atoms with Crippen LogP contribution >= 0.6 is 11.8 Å². The van der Waals surface area contributed by atoms with Gasteiger partial charge in [-0.3, -0.25) is 19.1 Å². The van der Waals surface area contributed by atoms with E-state index >= 15 is 0 Å². The fourth-order valence-corrected chi connectivity index (χ4v) is 2.58. The number of carbonyl (C=O) groups is 2. The number of aromatic nitrogens is 2. The lowest BCUT2D eigenvalue weighted by Crippen LogP contribution is -2.35. The first-order valence-electron chi connectivity index (χ1n) is 7.31. The van der Waals surface area contributed by atoms with Gasteiger partial charge < -0.3 is 15.2 Å². The Morgan fingerprint density at radius 3 is 2.62 bits per heavy atom. The molecule has 3 N–H and O–H groups in total. The van der Waals surface area contributed by atoms with Crippen LogP contribution in [0.3, 0.4) is 0 Å². The predicted octanol–water partition coefficient (Wildman–Crippen LogP) is 0.426. The lowest BCUT2D eigenvalue weighted by molar-refractivity contribution is 0.0471. The van der Waals surface area contributed by atoms with E-state index in [-0.39, 0.29) is 11.4 Å². The van der Waals surface area contributed by atoms with Crippen molar-refractivity contribution in [1.29, 1.82) is 0 Å². The van der Waals surface area contributed by atoms with E-state index in [1.54, 1.807) is 12.1 Å². The number of hydrogen-bond acceptors (Lipinski definition) is 8. The van der Waals surface area contributed by atoms with Crippen LogP contribution in [-0.4, -0.2) is 41.3 Å². The molecule has 0 aliphatic carbocycles. The van der Waals surface area contributed by atoms with E-state index < -0.39 is 35.2 Å². The van der Waals surface area contributed by atoms with Crippen LogP contribution < -0.4 is 21.7 Å². The van der Waals surface area contributed by atoms with Crippen LogP contribution in [-0.2, 0) is 11.8 Å². The normalized spacial score (nSPS) is 10.4. The first-order chi connectivity index (χ1) is 12.3. The Balaban J connectivity index is 2.21. The summed E-state index contributed by atoms with van der Waals surface area (Å²) in [6, 6.07) is 4.89. The number of nitrogens with two attached hydrogens (primary N) is 1. The van der Waals surface area contributed by atoms with Crippen molar-refractivity contribution in [2.75, 3.05) is 25.7 Å². The summed E-state index contributed by atoms with van der Waals surface area (Å²) in [7, 11) is 2.71. The molecule has 0 fully saturated rings. The molecule has 2 aromatic rings. The first kappa shape index (κ1) is 19.3. The highest BCUT2D eigenvalue weighted by atomic mass is 32.2. The van der Waals surface area contributed by atoms with Crippen molar-refractivity contribution in [1.82, 2.24) is 9.55 Å². The molecule has 10 heteroatoms. The van der Waals surface area contributed by atoms with Crippen LogP contribution in [0.1, 0.15) is 20.7 Å². The van der Waals surface area contributed by atoms with Crippen LogP contribution in [0, 0.1) is 0 Å². The number of nitrogens with zero attached hydrogens (tertiary/aromatic N) is 1. The summed E-state index contributed by atoms with van der Waals surface area (Å²) in [5, 5.41) is 0. The highest BCUT2D eigenvalue weighted by Crippen LogP contribution is 2.25. The Bertz CT molecular complexity index is 979. The van der Waals surface area contributed by atoms with E-state index in [1.165, 1.54) is 32.0 Å². The smallest absolute Gasteiger partial charge is 0.342 e. The average Bonchev–Trinajstić information content (AvgIpc) is 2.63. The van der Waals surface area contributed by atoms with Gasteiger partial charge in [-0.15, -0.1) is 11.8 Å². The van der Waals surface area contributed by atoms with E-state index in [1.807, 2.05) is 11.2 Å². The maximum absolute atomic E-state index is 12.2. The number of rotatable bonds is 6. The number of nitrogen functional groups attached to an aromatic ring is 1. The summed E-state index contributed by atoms with van der Waals surface area (Å²) in [4.78, 5) is 50.5. The Kier molecular flexibility index (Phi) is 5.88. The minimum Gasteiger partial charge on any atom is -0.496 e. The van der Waals surface area contributed by atoms with E-state index in [2.05, 4.69) is 0 Å². The number of ketones is 1. The number of benzene rings is 1. The molecular weight excluding hydrogens is 362 g/mol. The van der Waals surface area contributed by atoms with Crippen molar-refractivity contribution in [2.45, 2.75) is 4.90 Å². The minimum absolute atomic E-state index is 0.139. The Hall–Kier alpha value is -3.01. The Morgan fingerprint density at radius 1 is 1.31 bits per heavy atom. The number of esters is 1. The van der Waals surface area contributed by atoms with E-state index in [0.29, 0.717) is 5.75 Å². The van der Waals surface area contributed by atoms with Gasteiger partial charge in [-0.05, 0) is 24.5 Å². The van der Waals surface area contributed by atoms with Gasteiger partial charge in [-0.2, -0.15) is 0 Å². The van der Waals surface area contributed by atoms with Crippen LogP contribution in [0.4, 0.5) is 5.82 Å². The molecule has 138 valence electrons. The zero-order chi connectivity index (χ0) is 19.4. The quantitative estimate of drug-likeness (QED) is 0.419. The second-order valence-electron chi connectivity index (χ2n) is 5.14. The average molecular weight is 379 g/mol. The number of hydrogen-bond donors (Lipinski definition) is 2. The number of carbonyl (C=O) groups excluding carboxylic acids is 2. The molecule has 0 aliphatic heterocycles. The number of anilines is 1.